The molecule has 0 atom stereocenters. The lowest BCUT2D eigenvalue weighted by Crippen LogP contribution is -2.64. The van der Waals surface area contributed by atoms with Crippen LogP contribution in [0.3, 0.4) is 0 Å². The lowest BCUT2D eigenvalue weighted by atomic mass is 9.78. The maximum atomic E-state index is 12.8. The highest BCUT2D eigenvalue weighted by molar-refractivity contribution is 9.10. The van der Waals surface area contributed by atoms with Crippen LogP contribution in [0.5, 0.6) is 0 Å². The third kappa shape index (κ3) is 2.46. The Labute approximate surface area is 135 Å². The van der Waals surface area contributed by atoms with Crippen LogP contribution in [0.15, 0.2) is 22.7 Å². The number of imide groups is 2. The van der Waals surface area contributed by atoms with Gasteiger partial charge in [-0.25, -0.2) is 9.69 Å². The SMILES string of the molecule is CCC1(CC)C(=O)NC(=O)N(c2ccc(Cl)cc2Br)C1=O. The quantitative estimate of drug-likeness (QED) is 0.825. The van der Waals surface area contributed by atoms with E-state index in [0.29, 0.717) is 28.0 Å². The Hall–Kier alpha value is -1.40. The topological polar surface area (TPSA) is 66.5 Å². The Morgan fingerprint density at radius 1 is 1.24 bits per heavy atom. The molecule has 2 rings (SSSR count). The first-order valence-electron chi connectivity index (χ1n) is 6.52. The summed E-state index contributed by atoms with van der Waals surface area (Å²) in [5.74, 6) is -1.05. The van der Waals surface area contributed by atoms with Gasteiger partial charge in [0.2, 0.25) is 5.91 Å². The second-order valence-corrected chi connectivity index (χ2v) is 6.08. The van der Waals surface area contributed by atoms with Crippen molar-refractivity contribution >= 4 is 51.1 Å². The maximum Gasteiger partial charge on any atom is 0.335 e. The summed E-state index contributed by atoms with van der Waals surface area (Å²) in [6, 6.07) is 3.99. The number of barbiturate groups is 1. The minimum absolute atomic E-state index is 0.323. The van der Waals surface area contributed by atoms with Crippen molar-refractivity contribution in [3.05, 3.63) is 27.7 Å². The second kappa shape index (κ2) is 5.77. The molecule has 7 heteroatoms. The van der Waals surface area contributed by atoms with Crippen LogP contribution in [0, 0.1) is 5.41 Å². The predicted octanol–water partition coefficient (Wildman–Crippen LogP) is 3.49. The highest BCUT2D eigenvalue weighted by atomic mass is 79.9. The molecule has 1 aromatic carbocycles. The van der Waals surface area contributed by atoms with Crippen molar-refractivity contribution in [3.8, 4) is 0 Å². The Kier molecular flexibility index (Phi) is 4.39. The van der Waals surface area contributed by atoms with Gasteiger partial charge >= 0.3 is 6.03 Å². The van der Waals surface area contributed by atoms with E-state index >= 15 is 0 Å². The first-order valence-corrected chi connectivity index (χ1v) is 7.69. The van der Waals surface area contributed by atoms with E-state index in [-0.39, 0.29) is 0 Å². The molecule has 0 unspecified atom stereocenters. The van der Waals surface area contributed by atoms with Crippen LogP contribution in [0.4, 0.5) is 10.5 Å². The average molecular weight is 374 g/mol. The van der Waals surface area contributed by atoms with Crippen molar-refractivity contribution in [2.75, 3.05) is 4.90 Å². The van der Waals surface area contributed by atoms with Crippen LogP contribution in [0.1, 0.15) is 26.7 Å². The van der Waals surface area contributed by atoms with Crippen molar-refractivity contribution in [3.63, 3.8) is 0 Å². The molecular weight excluding hydrogens is 360 g/mol. The minimum Gasteiger partial charge on any atom is -0.276 e. The van der Waals surface area contributed by atoms with E-state index in [1.807, 2.05) is 0 Å². The third-order valence-electron chi connectivity index (χ3n) is 3.83. The standard InChI is InChI=1S/C14H14BrClN2O3/c1-3-14(4-2)11(19)17-13(21)18(12(14)20)10-6-5-8(16)7-9(10)15/h5-7H,3-4H2,1-2H3,(H,17,19,21). The number of nitrogens with one attached hydrogen (secondary N) is 1. The zero-order chi connectivity index (χ0) is 15.8. The summed E-state index contributed by atoms with van der Waals surface area (Å²) in [6.07, 6.45) is 0.645. The van der Waals surface area contributed by atoms with Gasteiger partial charge in [-0.1, -0.05) is 25.4 Å². The van der Waals surface area contributed by atoms with Crippen LogP contribution in [-0.2, 0) is 9.59 Å². The number of halogens is 2. The van der Waals surface area contributed by atoms with Gasteiger partial charge in [0, 0.05) is 9.50 Å². The van der Waals surface area contributed by atoms with Gasteiger partial charge < -0.3 is 0 Å². The van der Waals surface area contributed by atoms with E-state index in [4.69, 9.17) is 11.6 Å². The number of rotatable bonds is 3. The molecule has 21 heavy (non-hydrogen) atoms. The number of anilines is 1. The summed E-state index contributed by atoms with van der Waals surface area (Å²) in [5, 5.41) is 2.74. The van der Waals surface area contributed by atoms with Gasteiger partial charge in [0.1, 0.15) is 5.41 Å². The molecule has 1 saturated heterocycles. The van der Waals surface area contributed by atoms with Crippen LogP contribution in [0.25, 0.3) is 0 Å². The van der Waals surface area contributed by atoms with Crippen LogP contribution in [0.2, 0.25) is 5.02 Å². The molecule has 1 N–H and O–H groups in total. The number of hydrogen-bond donors (Lipinski definition) is 1. The first kappa shape index (κ1) is 16.0. The van der Waals surface area contributed by atoms with E-state index in [2.05, 4.69) is 21.2 Å². The number of amides is 4. The molecule has 0 aromatic heterocycles. The van der Waals surface area contributed by atoms with E-state index in [0.717, 1.165) is 4.90 Å². The molecule has 1 aliphatic rings. The lowest BCUT2D eigenvalue weighted by Gasteiger charge is -2.38. The van der Waals surface area contributed by atoms with Crippen molar-refractivity contribution in [2.45, 2.75) is 26.7 Å². The number of nitrogens with zero attached hydrogens (tertiary/aromatic N) is 1. The Bertz CT molecular complexity index is 629. The maximum absolute atomic E-state index is 12.8. The zero-order valence-corrected chi connectivity index (χ0v) is 13.9. The monoisotopic (exact) mass is 372 g/mol. The molecule has 1 heterocycles. The summed E-state index contributed by atoms with van der Waals surface area (Å²) in [7, 11) is 0. The molecule has 1 fully saturated rings. The molecule has 5 nitrogen and oxygen atoms in total. The van der Waals surface area contributed by atoms with Gasteiger partial charge in [-0.2, -0.15) is 0 Å². The summed E-state index contributed by atoms with van der Waals surface area (Å²) in [5.41, 5.74) is -0.854. The largest absolute Gasteiger partial charge is 0.335 e. The lowest BCUT2D eigenvalue weighted by molar-refractivity contribution is -0.143. The van der Waals surface area contributed by atoms with Crippen molar-refractivity contribution in [1.82, 2.24) is 5.32 Å². The van der Waals surface area contributed by atoms with E-state index in [9.17, 15) is 14.4 Å². The highest BCUT2D eigenvalue weighted by Crippen LogP contribution is 2.37. The molecule has 4 amide bonds. The van der Waals surface area contributed by atoms with Crippen LogP contribution < -0.4 is 10.2 Å². The van der Waals surface area contributed by atoms with Crippen molar-refractivity contribution in [2.24, 2.45) is 5.41 Å². The predicted molar refractivity (Wildman–Crippen MR) is 83.2 cm³/mol. The Morgan fingerprint density at radius 3 is 2.38 bits per heavy atom. The normalized spacial score (nSPS) is 17.9. The van der Waals surface area contributed by atoms with Crippen LogP contribution >= 0.6 is 27.5 Å². The van der Waals surface area contributed by atoms with Gasteiger partial charge in [0.05, 0.1) is 5.69 Å². The summed E-state index contributed by atoms with van der Waals surface area (Å²) in [6.45, 7) is 3.51. The average Bonchev–Trinajstić information content (AvgIpc) is 2.42. The fraction of sp³-hybridized carbons (Fsp3) is 0.357. The number of hydrogen-bond acceptors (Lipinski definition) is 3. The highest BCUT2D eigenvalue weighted by Gasteiger charge is 2.52. The molecule has 1 aliphatic heterocycles. The number of carbonyl (C=O) groups is 3. The fourth-order valence-electron chi connectivity index (χ4n) is 2.43. The molecular formula is C14H14BrClN2O3. The van der Waals surface area contributed by atoms with E-state index < -0.39 is 23.3 Å². The number of carbonyl (C=O) groups excluding carboxylic acids is 3. The molecule has 112 valence electrons. The zero-order valence-electron chi connectivity index (χ0n) is 11.6. The van der Waals surface area contributed by atoms with Gasteiger partial charge in [0.15, 0.2) is 0 Å². The van der Waals surface area contributed by atoms with E-state index in [1.54, 1.807) is 32.0 Å². The fourth-order valence-corrected chi connectivity index (χ4v) is 3.29. The molecule has 0 spiro atoms. The third-order valence-corrected chi connectivity index (χ3v) is 4.70. The van der Waals surface area contributed by atoms with Crippen molar-refractivity contribution in [1.29, 1.82) is 0 Å². The van der Waals surface area contributed by atoms with Gasteiger partial charge in [0.25, 0.3) is 5.91 Å². The molecule has 0 saturated carbocycles. The summed E-state index contributed by atoms with van der Waals surface area (Å²) in [4.78, 5) is 37.9. The molecule has 0 bridgehead atoms. The van der Waals surface area contributed by atoms with Gasteiger partial charge in [-0.15, -0.1) is 0 Å². The Morgan fingerprint density at radius 2 is 1.86 bits per heavy atom. The van der Waals surface area contributed by atoms with Gasteiger partial charge in [-0.05, 0) is 47.0 Å². The molecule has 0 aliphatic carbocycles. The first-order chi connectivity index (χ1) is 9.87. The summed E-state index contributed by atoms with van der Waals surface area (Å²) >= 11 is 9.17. The molecule has 1 aromatic rings. The number of benzene rings is 1. The minimum atomic E-state index is -1.22. The number of urea groups is 1. The summed E-state index contributed by atoms with van der Waals surface area (Å²) < 4.78 is 0.508. The second-order valence-electron chi connectivity index (χ2n) is 4.78. The van der Waals surface area contributed by atoms with Crippen LogP contribution in [-0.4, -0.2) is 17.8 Å². The van der Waals surface area contributed by atoms with Gasteiger partial charge in [-0.3, -0.25) is 14.9 Å². The molecule has 0 radical (unpaired) electrons. The van der Waals surface area contributed by atoms with E-state index in [1.165, 1.54) is 0 Å². The van der Waals surface area contributed by atoms with Crippen molar-refractivity contribution < 1.29 is 14.4 Å². The Balaban J connectivity index is 2.54. The smallest absolute Gasteiger partial charge is 0.276 e.